The smallest absolute Gasteiger partial charge is 0.416 e. The van der Waals surface area contributed by atoms with Crippen LogP contribution in [0.5, 0.6) is 5.88 Å². The zero-order valence-electron chi connectivity index (χ0n) is 11.4. The van der Waals surface area contributed by atoms with Crippen LogP contribution in [0.25, 0.3) is 10.9 Å². The molecular weight excluding hydrogens is 314 g/mol. The number of aromatic hydroxyl groups is 1. The number of rotatable bonds is 2. The largest absolute Gasteiger partial charge is 0.493 e. The van der Waals surface area contributed by atoms with E-state index in [0.717, 1.165) is 24.3 Å². The summed E-state index contributed by atoms with van der Waals surface area (Å²) in [4.78, 5) is 2.44. The molecule has 23 heavy (non-hydrogen) atoms. The van der Waals surface area contributed by atoms with Crippen molar-refractivity contribution < 1.29 is 22.7 Å². The van der Waals surface area contributed by atoms with Crippen LogP contribution in [0.2, 0.25) is 0 Å². The lowest BCUT2D eigenvalue weighted by atomic mass is 10.2. The molecule has 3 rings (SSSR count). The first-order valence-electron chi connectivity index (χ1n) is 6.44. The zero-order chi connectivity index (χ0) is 16.6. The van der Waals surface area contributed by atoms with Crippen molar-refractivity contribution in [3.05, 3.63) is 53.8 Å². The summed E-state index contributed by atoms with van der Waals surface area (Å²) >= 11 is 0. The lowest BCUT2D eigenvalue weighted by Gasteiger charge is -2.05. The minimum absolute atomic E-state index is 0.0133. The Morgan fingerprint density at radius 2 is 1.65 bits per heavy atom. The molecule has 0 amide bonds. The molecule has 2 aromatic carbocycles. The van der Waals surface area contributed by atoms with E-state index >= 15 is 0 Å². The summed E-state index contributed by atoms with van der Waals surface area (Å²) in [6.45, 7) is 0. The molecule has 0 aliphatic heterocycles. The summed E-state index contributed by atoms with van der Waals surface area (Å²) < 4.78 is 51.0. The van der Waals surface area contributed by atoms with Crippen LogP contribution in [0.4, 0.5) is 28.9 Å². The third-order valence-electron chi connectivity index (χ3n) is 3.20. The molecule has 0 aliphatic rings. The van der Waals surface area contributed by atoms with E-state index < -0.39 is 17.6 Å². The maximum atomic E-state index is 13.6. The molecule has 118 valence electrons. The number of nitrogens with one attached hydrogen (secondary N) is 1. The number of hydrogen-bond acceptors (Lipinski definition) is 3. The summed E-state index contributed by atoms with van der Waals surface area (Å²) in [6, 6.07) is 8.26. The summed E-state index contributed by atoms with van der Waals surface area (Å²) in [5, 5.41) is 17.6. The molecule has 0 saturated heterocycles. The van der Waals surface area contributed by atoms with Crippen LogP contribution < -0.4 is 0 Å². The van der Waals surface area contributed by atoms with E-state index in [1.54, 1.807) is 0 Å². The van der Waals surface area contributed by atoms with Gasteiger partial charge in [0.1, 0.15) is 5.82 Å². The molecule has 2 N–H and O–H groups in total. The molecule has 4 nitrogen and oxygen atoms in total. The average Bonchev–Trinajstić information content (AvgIpc) is 2.82. The standard InChI is InChI=1S/C15H9F4N3O/c16-11-3-1-2-10-12(11)20-14(23)13(10)22-21-9-6-4-8(5-7-9)15(17,18)19/h1-7,20,23H. The number of benzene rings is 2. The third kappa shape index (κ3) is 2.87. The van der Waals surface area contributed by atoms with Gasteiger partial charge in [0, 0.05) is 5.39 Å². The van der Waals surface area contributed by atoms with Crippen molar-refractivity contribution in [2.75, 3.05) is 0 Å². The highest BCUT2D eigenvalue weighted by atomic mass is 19.4. The fourth-order valence-corrected chi connectivity index (χ4v) is 2.08. The highest BCUT2D eigenvalue weighted by molar-refractivity contribution is 5.94. The highest BCUT2D eigenvalue weighted by Gasteiger charge is 2.29. The maximum Gasteiger partial charge on any atom is 0.416 e. The molecule has 1 aromatic heterocycles. The normalized spacial score (nSPS) is 12.3. The predicted octanol–water partition coefficient (Wildman–Crippen LogP) is 5.45. The molecule has 0 aliphatic carbocycles. The third-order valence-corrected chi connectivity index (χ3v) is 3.20. The second kappa shape index (κ2) is 5.38. The Kier molecular flexibility index (Phi) is 3.51. The first kappa shape index (κ1) is 15.0. The number of H-pyrrole nitrogens is 1. The van der Waals surface area contributed by atoms with Crippen molar-refractivity contribution in [2.24, 2.45) is 10.2 Å². The van der Waals surface area contributed by atoms with Gasteiger partial charge in [-0.25, -0.2) is 4.39 Å². The van der Waals surface area contributed by atoms with Gasteiger partial charge in [0.15, 0.2) is 5.69 Å². The first-order chi connectivity index (χ1) is 10.9. The van der Waals surface area contributed by atoms with Gasteiger partial charge < -0.3 is 10.1 Å². The van der Waals surface area contributed by atoms with Gasteiger partial charge in [-0.1, -0.05) is 12.1 Å². The van der Waals surface area contributed by atoms with Crippen molar-refractivity contribution in [1.29, 1.82) is 0 Å². The van der Waals surface area contributed by atoms with Gasteiger partial charge in [0.2, 0.25) is 5.88 Å². The monoisotopic (exact) mass is 323 g/mol. The summed E-state index contributed by atoms with van der Waals surface area (Å²) in [5.74, 6) is -0.936. The molecule has 0 bridgehead atoms. The van der Waals surface area contributed by atoms with Crippen molar-refractivity contribution in [3.8, 4) is 5.88 Å². The fourth-order valence-electron chi connectivity index (χ4n) is 2.08. The number of azo groups is 1. The van der Waals surface area contributed by atoms with Crippen LogP contribution in [-0.2, 0) is 6.18 Å². The van der Waals surface area contributed by atoms with Gasteiger partial charge in [-0.3, -0.25) is 0 Å². The van der Waals surface area contributed by atoms with Crippen molar-refractivity contribution in [3.63, 3.8) is 0 Å². The number of para-hydroxylation sites is 1. The van der Waals surface area contributed by atoms with Crippen molar-refractivity contribution >= 4 is 22.3 Å². The summed E-state index contributed by atoms with van der Waals surface area (Å²) in [5.41, 5.74) is -0.539. The number of fused-ring (bicyclic) bond motifs is 1. The average molecular weight is 323 g/mol. The number of halogens is 4. The Bertz CT molecular complexity index is 882. The Hall–Kier alpha value is -2.90. The molecule has 0 spiro atoms. The van der Waals surface area contributed by atoms with Gasteiger partial charge >= 0.3 is 6.18 Å². The van der Waals surface area contributed by atoms with Crippen LogP contribution in [0.15, 0.2) is 52.7 Å². The minimum atomic E-state index is -4.43. The molecule has 3 aromatic rings. The van der Waals surface area contributed by atoms with Crippen LogP contribution in [-0.4, -0.2) is 10.1 Å². The molecule has 0 fully saturated rings. The van der Waals surface area contributed by atoms with Gasteiger partial charge in [-0.15, -0.1) is 5.11 Å². The number of aromatic amines is 1. The van der Waals surface area contributed by atoms with E-state index in [1.807, 2.05) is 0 Å². The Labute approximate surface area is 127 Å². The second-order valence-corrected chi connectivity index (χ2v) is 4.73. The van der Waals surface area contributed by atoms with Gasteiger partial charge in [-0.2, -0.15) is 18.3 Å². The molecule has 1 heterocycles. The first-order valence-corrected chi connectivity index (χ1v) is 6.44. The lowest BCUT2D eigenvalue weighted by molar-refractivity contribution is -0.137. The number of alkyl halides is 3. The molecular formula is C15H9F4N3O. The molecule has 0 radical (unpaired) electrons. The molecule has 0 atom stereocenters. The molecule has 0 saturated carbocycles. The summed E-state index contributed by atoms with van der Waals surface area (Å²) in [7, 11) is 0. The van der Waals surface area contributed by atoms with E-state index in [2.05, 4.69) is 15.2 Å². The van der Waals surface area contributed by atoms with Gasteiger partial charge in [0.25, 0.3) is 0 Å². The molecule has 8 heteroatoms. The lowest BCUT2D eigenvalue weighted by Crippen LogP contribution is -2.03. The van der Waals surface area contributed by atoms with Gasteiger partial charge in [-0.05, 0) is 30.3 Å². The minimum Gasteiger partial charge on any atom is -0.493 e. The van der Waals surface area contributed by atoms with Crippen LogP contribution in [0.1, 0.15) is 5.56 Å². The number of nitrogens with zero attached hydrogens (tertiary/aromatic N) is 2. The topological polar surface area (TPSA) is 60.7 Å². The van der Waals surface area contributed by atoms with Crippen LogP contribution >= 0.6 is 0 Å². The van der Waals surface area contributed by atoms with E-state index in [0.29, 0.717) is 5.39 Å². The van der Waals surface area contributed by atoms with Crippen molar-refractivity contribution in [2.45, 2.75) is 6.18 Å². The van der Waals surface area contributed by atoms with E-state index in [9.17, 15) is 22.7 Å². The highest BCUT2D eigenvalue weighted by Crippen LogP contribution is 2.37. The van der Waals surface area contributed by atoms with Crippen LogP contribution in [0.3, 0.4) is 0 Å². The predicted molar refractivity (Wildman–Crippen MR) is 75.5 cm³/mol. The molecule has 0 unspecified atom stereocenters. The van der Waals surface area contributed by atoms with Crippen LogP contribution in [0, 0.1) is 5.82 Å². The zero-order valence-corrected chi connectivity index (χ0v) is 11.4. The van der Waals surface area contributed by atoms with Gasteiger partial charge in [0.05, 0.1) is 16.8 Å². The Morgan fingerprint density at radius 3 is 2.30 bits per heavy atom. The van der Waals surface area contributed by atoms with E-state index in [4.69, 9.17) is 0 Å². The Balaban J connectivity index is 1.94. The number of aromatic nitrogens is 1. The SMILES string of the molecule is Oc1[nH]c2c(F)cccc2c1N=Nc1ccc(C(F)(F)F)cc1. The van der Waals surface area contributed by atoms with Crippen molar-refractivity contribution in [1.82, 2.24) is 4.98 Å². The fraction of sp³-hybridized carbons (Fsp3) is 0.0667. The van der Waals surface area contributed by atoms with E-state index in [-0.39, 0.29) is 22.8 Å². The second-order valence-electron chi connectivity index (χ2n) is 4.73. The Morgan fingerprint density at radius 1 is 0.957 bits per heavy atom. The maximum absolute atomic E-state index is 13.6. The quantitative estimate of drug-likeness (QED) is 0.478. The number of hydrogen-bond donors (Lipinski definition) is 2. The van der Waals surface area contributed by atoms with E-state index in [1.165, 1.54) is 18.2 Å². The summed E-state index contributed by atoms with van der Waals surface area (Å²) in [6.07, 6.45) is -4.43.